The molecule has 72 heavy (non-hydrogen) atoms. The van der Waals surface area contributed by atoms with E-state index in [9.17, 15) is 26.3 Å². The van der Waals surface area contributed by atoms with Gasteiger partial charge in [0.1, 0.15) is 0 Å². The lowest BCUT2D eigenvalue weighted by Crippen LogP contribution is -2.54. The van der Waals surface area contributed by atoms with Crippen LogP contribution in [0.25, 0.3) is 0 Å². The van der Waals surface area contributed by atoms with E-state index in [-0.39, 0.29) is 23.9 Å². The van der Waals surface area contributed by atoms with E-state index in [2.05, 4.69) is 166 Å². The summed E-state index contributed by atoms with van der Waals surface area (Å²) >= 11 is 0. The summed E-state index contributed by atoms with van der Waals surface area (Å²) in [6.45, 7) is 61.6. The van der Waals surface area contributed by atoms with E-state index in [1.807, 2.05) is 0 Å². The zero-order valence-electron chi connectivity index (χ0n) is 53.5. The Kier molecular flexibility index (Phi) is 32.2. The lowest BCUT2D eigenvalue weighted by atomic mass is 9.41. The number of methoxy groups -OCH3 is 1. The third-order valence-electron chi connectivity index (χ3n) is 19.8. The Bertz CT molecular complexity index is 1330. The Hall–Kier alpha value is -0.500. The van der Waals surface area contributed by atoms with Crippen molar-refractivity contribution < 1.29 is 36.2 Å². The maximum Gasteiger partial charge on any atom is 0.394 e. The van der Waals surface area contributed by atoms with Gasteiger partial charge >= 0.3 is 12.4 Å². The van der Waals surface area contributed by atoms with Crippen molar-refractivity contribution in [3.05, 3.63) is 0 Å². The zero-order chi connectivity index (χ0) is 58.1. The average molecular weight is 1040 g/mol. The number of rotatable bonds is 10. The van der Waals surface area contributed by atoms with Gasteiger partial charge in [-0.25, -0.2) is 0 Å². The third kappa shape index (κ3) is 25.3. The molecule has 0 aromatic rings. The molecule has 7 rings (SSSR count). The number of hydrogen-bond donors (Lipinski definition) is 1. The third-order valence-corrected chi connectivity index (χ3v) is 19.8. The lowest BCUT2D eigenvalue weighted by Gasteiger charge is -2.64. The van der Waals surface area contributed by atoms with Crippen molar-refractivity contribution in [1.29, 1.82) is 0 Å². The second kappa shape index (κ2) is 30.6. The molecule has 7 aliphatic rings. The smallest absolute Gasteiger partial charge is 0.394 e. The van der Waals surface area contributed by atoms with Crippen molar-refractivity contribution >= 4 is 0 Å². The maximum atomic E-state index is 12.4. The molecule has 8 heteroatoms. The van der Waals surface area contributed by atoms with Gasteiger partial charge in [-0.2, -0.15) is 26.3 Å². The topological polar surface area (TPSA) is 29.5 Å². The molecule has 0 aromatic carbocycles. The van der Waals surface area contributed by atoms with E-state index < -0.39 is 23.2 Å². The maximum absolute atomic E-state index is 12.4. The van der Waals surface area contributed by atoms with E-state index >= 15 is 0 Å². The van der Waals surface area contributed by atoms with Gasteiger partial charge in [0.2, 0.25) is 0 Å². The van der Waals surface area contributed by atoms with Crippen LogP contribution in [0.3, 0.4) is 0 Å². The number of aliphatic hydroxyl groups excluding tert-OH is 1. The molecule has 0 radical (unpaired) electrons. The van der Waals surface area contributed by atoms with Gasteiger partial charge in [0.05, 0.1) is 17.4 Å². The molecule has 7 fully saturated rings. The van der Waals surface area contributed by atoms with Gasteiger partial charge in [0.15, 0.2) is 0 Å². The Morgan fingerprint density at radius 3 is 0.750 bits per heavy atom. The second-order valence-electron chi connectivity index (χ2n) is 30.1. The Morgan fingerprint density at radius 2 is 0.736 bits per heavy atom. The molecular formula is C64H128F6O2. The number of aliphatic hydroxyl groups is 1. The molecular weight excluding hydrogens is 915 g/mol. The van der Waals surface area contributed by atoms with Crippen LogP contribution in [-0.2, 0) is 4.74 Å². The molecule has 1 N–H and O–H groups in total. The SMILES string of the molecule is CC(C)C.CC(C)C(C)(C)C.CC(C)C(C)(C)CO.CC(C)C1(C(F)(F)F)CC1.CC(C)C1(C(F)(F)F)CCC1.CC(C)C1(C)CC1.CC(C)C1(C)CCC1.CC(C)C12CC(C1)C2.COCC(C)(C)C(C)C. The van der Waals surface area contributed by atoms with E-state index in [1.54, 1.807) is 54.1 Å². The minimum atomic E-state index is -3.99. The quantitative estimate of drug-likeness (QED) is 0.221. The van der Waals surface area contributed by atoms with Crippen molar-refractivity contribution in [3.63, 3.8) is 0 Å². The fourth-order valence-corrected chi connectivity index (χ4v) is 8.13. The highest BCUT2D eigenvalue weighted by Gasteiger charge is 2.64. The predicted octanol–water partition coefficient (Wildman–Crippen LogP) is 22.4. The Labute approximate surface area is 447 Å². The summed E-state index contributed by atoms with van der Waals surface area (Å²) < 4.78 is 78.7. The number of halogens is 6. The first-order valence-electron chi connectivity index (χ1n) is 29.2. The van der Waals surface area contributed by atoms with Gasteiger partial charge in [-0.1, -0.05) is 207 Å². The van der Waals surface area contributed by atoms with Crippen molar-refractivity contribution in [3.8, 4) is 0 Å². The largest absolute Gasteiger partial charge is 0.396 e. The van der Waals surface area contributed by atoms with E-state index in [4.69, 9.17) is 9.84 Å². The summed E-state index contributed by atoms with van der Waals surface area (Å²) in [5.41, 5.74) is 0.611. The molecule has 0 amide bonds. The summed E-state index contributed by atoms with van der Waals surface area (Å²) in [5.74, 6) is 6.30. The van der Waals surface area contributed by atoms with Crippen LogP contribution in [0.1, 0.15) is 277 Å². The van der Waals surface area contributed by atoms with Crippen molar-refractivity contribution in [2.45, 2.75) is 290 Å². The van der Waals surface area contributed by atoms with E-state index in [1.165, 1.54) is 32.1 Å². The highest BCUT2D eigenvalue weighted by Crippen LogP contribution is 2.68. The minimum Gasteiger partial charge on any atom is -0.396 e. The minimum absolute atomic E-state index is 0.0972. The summed E-state index contributed by atoms with van der Waals surface area (Å²) in [5, 5.41) is 8.76. The standard InChI is InChI=1S/C8H13F3.C8H18O.C8H14.C8H16.C7H11F3.C7H16O.C7H14.C7H16.C4H10/c1-6(2)7(4-3-5-7)8(9,10)11;1-7(2)8(3,4)6-9-5;1-6(2)8-3-7(4-8)5-8;1-7(2)8(3)5-4-6-8;1-5(2)6(3-4-6)7(8,9)10;1-6(2)7(3,4)5-8;1-6(2)7(3)4-5-7;1-6(2)7(3,4)5;1-4(2)3/h6H,3-5H2,1-2H3;7H,6H2,1-5H3;6-7H,3-5H2,1-2H3;7H,4-6H2,1-3H3;5H,3-4H2,1-2H3;6,8H,5H2,1-4H3;6H,4-5H2,1-3H3;6H,1-5H3;4H,1-3H3. The Morgan fingerprint density at radius 1 is 0.444 bits per heavy atom. The first-order chi connectivity index (χ1) is 32.0. The molecule has 7 aliphatic carbocycles. The highest BCUT2D eigenvalue weighted by molar-refractivity contribution is 5.08. The molecule has 0 saturated heterocycles. The molecule has 0 aliphatic heterocycles. The van der Waals surface area contributed by atoms with Gasteiger partial charge < -0.3 is 9.84 Å². The van der Waals surface area contributed by atoms with Crippen LogP contribution in [0.5, 0.6) is 0 Å². The normalized spacial score (nSPS) is 22.5. The van der Waals surface area contributed by atoms with Gasteiger partial charge in [0.25, 0.3) is 0 Å². The summed E-state index contributed by atoms with van der Waals surface area (Å²) in [6.07, 6.45) is 6.09. The molecule has 0 atom stereocenters. The second-order valence-corrected chi connectivity index (χ2v) is 30.1. The number of hydrogen-bond acceptors (Lipinski definition) is 2. The highest BCUT2D eigenvalue weighted by atomic mass is 19.4. The number of alkyl halides is 6. The average Bonchev–Trinajstić information content (AvgIpc) is 4.05. The van der Waals surface area contributed by atoms with Crippen LogP contribution in [0, 0.1) is 102 Å². The van der Waals surface area contributed by atoms with Gasteiger partial charge in [0, 0.05) is 13.7 Å². The molecule has 2 nitrogen and oxygen atoms in total. The van der Waals surface area contributed by atoms with Crippen LogP contribution in [0.4, 0.5) is 26.3 Å². The molecule has 7 saturated carbocycles. The number of ether oxygens (including phenoxy) is 1. The molecule has 0 spiro atoms. The first-order valence-corrected chi connectivity index (χ1v) is 29.2. The predicted molar refractivity (Wildman–Crippen MR) is 304 cm³/mol. The summed E-state index contributed by atoms with van der Waals surface area (Å²) in [6, 6.07) is 0. The van der Waals surface area contributed by atoms with Gasteiger partial charge in [-0.15, -0.1) is 0 Å². The van der Waals surface area contributed by atoms with Crippen LogP contribution < -0.4 is 0 Å². The first kappa shape index (κ1) is 75.7. The fourth-order valence-electron chi connectivity index (χ4n) is 8.13. The van der Waals surface area contributed by atoms with Gasteiger partial charge in [-0.05, 0) is 162 Å². The van der Waals surface area contributed by atoms with Crippen LogP contribution in [0.2, 0.25) is 0 Å². The molecule has 438 valence electrons. The molecule has 0 aromatic heterocycles. The Balaban J connectivity index is -0.000000751. The fraction of sp³-hybridized carbons (Fsp3) is 1.00. The van der Waals surface area contributed by atoms with Crippen LogP contribution in [-0.4, -0.2) is 37.8 Å². The van der Waals surface area contributed by atoms with Crippen molar-refractivity contribution in [2.75, 3.05) is 20.3 Å². The molecule has 0 heterocycles. The molecule has 0 unspecified atom stereocenters. The summed E-state index contributed by atoms with van der Waals surface area (Å²) in [7, 11) is 1.75. The van der Waals surface area contributed by atoms with E-state index in [0.29, 0.717) is 48.3 Å². The monoisotopic (exact) mass is 1040 g/mol. The lowest BCUT2D eigenvalue weighted by molar-refractivity contribution is -0.267. The van der Waals surface area contributed by atoms with E-state index in [0.717, 1.165) is 64.8 Å². The van der Waals surface area contributed by atoms with Gasteiger partial charge in [-0.3, -0.25) is 0 Å². The van der Waals surface area contributed by atoms with Crippen LogP contribution in [0.15, 0.2) is 0 Å². The van der Waals surface area contributed by atoms with Crippen molar-refractivity contribution in [2.24, 2.45) is 102 Å². The molecule has 2 bridgehead atoms. The van der Waals surface area contributed by atoms with Crippen LogP contribution >= 0.6 is 0 Å². The zero-order valence-corrected chi connectivity index (χ0v) is 53.5. The van der Waals surface area contributed by atoms with Crippen molar-refractivity contribution in [1.82, 2.24) is 0 Å². The summed E-state index contributed by atoms with van der Waals surface area (Å²) in [4.78, 5) is 0.